The van der Waals surface area contributed by atoms with Crippen molar-refractivity contribution in [3.63, 3.8) is 0 Å². The second kappa shape index (κ2) is 10.9. The van der Waals surface area contributed by atoms with Gasteiger partial charge in [0.05, 0.1) is 22.2 Å². The van der Waals surface area contributed by atoms with Crippen molar-refractivity contribution in [1.82, 2.24) is 9.29 Å². The Labute approximate surface area is 223 Å². The lowest BCUT2D eigenvalue weighted by molar-refractivity contribution is 0.0917. The molecular weight excluding hydrogens is 532 g/mol. The van der Waals surface area contributed by atoms with Crippen molar-refractivity contribution < 1.29 is 26.7 Å². The van der Waals surface area contributed by atoms with E-state index in [1.165, 1.54) is 46.6 Å². The predicted molar refractivity (Wildman–Crippen MR) is 142 cm³/mol. The van der Waals surface area contributed by atoms with Crippen LogP contribution >= 0.6 is 11.3 Å². The van der Waals surface area contributed by atoms with E-state index in [2.05, 4.69) is 4.98 Å². The number of benzene rings is 3. The highest BCUT2D eigenvalue weighted by atomic mass is 32.2. The van der Waals surface area contributed by atoms with E-state index in [0.29, 0.717) is 6.61 Å². The van der Waals surface area contributed by atoms with Gasteiger partial charge in [0.25, 0.3) is 5.91 Å². The Morgan fingerprint density at radius 1 is 1.11 bits per heavy atom. The molecule has 1 saturated heterocycles. The number of aromatic nitrogens is 1. The van der Waals surface area contributed by atoms with Gasteiger partial charge in [0, 0.05) is 31.8 Å². The molecule has 5 rings (SSSR count). The largest absolute Gasteiger partial charge is 0.376 e. The fourth-order valence-electron chi connectivity index (χ4n) is 4.33. The first-order chi connectivity index (χ1) is 18.2. The average Bonchev–Trinajstić information content (AvgIpc) is 3.57. The SMILES string of the molecule is CN(Cc1ccccc1)S(=O)(=O)c1ccc(C(=O)N(CC2CCCO2)c2nc3c(F)cc(F)cc3s2)cc1. The van der Waals surface area contributed by atoms with Crippen LogP contribution in [-0.4, -0.2) is 49.9 Å². The van der Waals surface area contributed by atoms with E-state index in [1.807, 2.05) is 30.3 Å². The number of thiazole rings is 1. The zero-order valence-electron chi connectivity index (χ0n) is 20.5. The molecular formula is C27H25F2N3O4S2. The molecule has 0 aliphatic carbocycles. The van der Waals surface area contributed by atoms with Gasteiger partial charge in [-0.25, -0.2) is 22.2 Å². The summed E-state index contributed by atoms with van der Waals surface area (Å²) in [5.41, 5.74) is 1.07. The molecule has 0 saturated carbocycles. The van der Waals surface area contributed by atoms with Crippen LogP contribution in [0.5, 0.6) is 0 Å². The van der Waals surface area contributed by atoms with Crippen molar-refractivity contribution >= 4 is 42.6 Å². The highest BCUT2D eigenvalue weighted by Gasteiger charge is 2.28. The van der Waals surface area contributed by atoms with Crippen LogP contribution in [0.1, 0.15) is 28.8 Å². The topological polar surface area (TPSA) is 79.8 Å². The number of fused-ring (bicyclic) bond motifs is 1. The minimum atomic E-state index is -3.80. The minimum Gasteiger partial charge on any atom is -0.376 e. The van der Waals surface area contributed by atoms with E-state index in [1.54, 1.807) is 0 Å². The van der Waals surface area contributed by atoms with Crippen LogP contribution in [0, 0.1) is 11.6 Å². The quantitative estimate of drug-likeness (QED) is 0.297. The fourth-order valence-corrected chi connectivity index (χ4v) is 6.50. The molecule has 1 aliphatic rings. The van der Waals surface area contributed by atoms with Gasteiger partial charge >= 0.3 is 0 Å². The summed E-state index contributed by atoms with van der Waals surface area (Å²) >= 11 is 1.01. The first kappa shape index (κ1) is 26.4. The van der Waals surface area contributed by atoms with Crippen LogP contribution in [0.25, 0.3) is 10.2 Å². The molecule has 7 nitrogen and oxygen atoms in total. The molecule has 1 aliphatic heterocycles. The first-order valence-corrected chi connectivity index (χ1v) is 14.3. The standard InChI is InChI=1S/C27H25F2N3O4S2/c1-31(16-18-6-3-2-4-7-18)38(34,35)22-11-9-19(10-12-22)26(33)32(17-21-8-5-13-36-21)27-30-25-23(29)14-20(28)15-24(25)37-27/h2-4,6-7,9-12,14-15,21H,5,8,13,16-17H2,1H3. The monoisotopic (exact) mass is 557 g/mol. The summed E-state index contributed by atoms with van der Waals surface area (Å²) in [6.07, 6.45) is 1.39. The molecule has 11 heteroatoms. The molecule has 0 bridgehead atoms. The van der Waals surface area contributed by atoms with Crippen molar-refractivity contribution in [1.29, 1.82) is 0 Å². The number of nitrogens with zero attached hydrogens (tertiary/aromatic N) is 3. The third-order valence-electron chi connectivity index (χ3n) is 6.35. The molecule has 0 spiro atoms. The lowest BCUT2D eigenvalue weighted by Gasteiger charge is -2.23. The number of sulfonamides is 1. The number of amides is 1. The highest BCUT2D eigenvalue weighted by Crippen LogP contribution is 2.33. The summed E-state index contributed by atoms with van der Waals surface area (Å²) in [6, 6.07) is 16.8. The van der Waals surface area contributed by atoms with Crippen molar-refractivity contribution in [2.24, 2.45) is 0 Å². The predicted octanol–water partition coefficient (Wildman–Crippen LogP) is 5.22. The molecule has 198 valence electrons. The highest BCUT2D eigenvalue weighted by molar-refractivity contribution is 7.89. The number of anilines is 1. The Kier molecular flexibility index (Phi) is 7.53. The number of rotatable bonds is 8. The Bertz CT molecular complexity index is 1550. The molecule has 0 N–H and O–H groups in total. The van der Waals surface area contributed by atoms with Crippen molar-refractivity contribution in [2.45, 2.75) is 30.4 Å². The zero-order valence-corrected chi connectivity index (χ0v) is 22.1. The van der Waals surface area contributed by atoms with Gasteiger partial charge in [0.15, 0.2) is 10.9 Å². The molecule has 1 atom stereocenters. The van der Waals surface area contributed by atoms with Gasteiger partial charge in [-0.2, -0.15) is 4.31 Å². The molecule has 2 heterocycles. The summed E-state index contributed by atoms with van der Waals surface area (Å²) in [4.78, 5) is 19.3. The molecule has 3 aromatic carbocycles. The van der Waals surface area contributed by atoms with Crippen molar-refractivity contribution in [3.05, 3.63) is 89.5 Å². The van der Waals surface area contributed by atoms with E-state index >= 15 is 0 Å². The lowest BCUT2D eigenvalue weighted by Crippen LogP contribution is -2.37. The number of hydrogen-bond donors (Lipinski definition) is 0. The number of carbonyl (C=O) groups is 1. The van der Waals surface area contributed by atoms with Gasteiger partial charge in [0.1, 0.15) is 11.3 Å². The van der Waals surface area contributed by atoms with E-state index in [9.17, 15) is 22.0 Å². The molecule has 4 aromatic rings. The van der Waals surface area contributed by atoms with Crippen LogP contribution in [0.15, 0.2) is 71.6 Å². The van der Waals surface area contributed by atoms with Crippen LogP contribution in [-0.2, 0) is 21.3 Å². The molecule has 38 heavy (non-hydrogen) atoms. The minimum absolute atomic E-state index is 0.0144. The maximum atomic E-state index is 14.3. The Morgan fingerprint density at radius 3 is 2.53 bits per heavy atom. The summed E-state index contributed by atoms with van der Waals surface area (Å²) in [7, 11) is -2.30. The second-order valence-corrected chi connectivity index (χ2v) is 12.1. The first-order valence-electron chi connectivity index (χ1n) is 12.0. The maximum Gasteiger partial charge on any atom is 0.260 e. The zero-order chi connectivity index (χ0) is 26.9. The summed E-state index contributed by atoms with van der Waals surface area (Å²) in [5.74, 6) is -1.97. The van der Waals surface area contributed by atoms with E-state index in [0.717, 1.165) is 35.8 Å². The number of halogens is 2. The fraction of sp³-hybridized carbons (Fsp3) is 0.259. The van der Waals surface area contributed by atoms with Gasteiger partial charge in [-0.1, -0.05) is 41.7 Å². The maximum absolute atomic E-state index is 14.3. The number of hydrogen-bond acceptors (Lipinski definition) is 6. The molecule has 1 fully saturated rings. The van der Waals surface area contributed by atoms with E-state index in [-0.39, 0.29) is 45.0 Å². The third-order valence-corrected chi connectivity index (χ3v) is 9.19. The Morgan fingerprint density at radius 2 is 1.84 bits per heavy atom. The second-order valence-electron chi connectivity index (χ2n) is 9.05. The molecule has 0 radical (unpaired) electrons. The Hall–Kier alpha value is -3.25. The van der Waals surface area contributed by atoms with Gasteiger partial charge in [0.2, 0.25) is 10.0 Å². The van der Waals surface area contributed by atoms with Crippen LogP contribution < -0.4 is 4.90 Å². The van der Waals surface area contributed by atoms with Crippen LogP contribution in [0.2, 0.25) is 0 Å². The lowest BCUT2D eigenvalue weighted by atomic mass is 10.2. The van der Waals surface area contributed by atoms with Crippen molar-refractivity contribution in [3.8, 4) is 0 Å². The number of ether oxygens (including phenoxy) is 1. The summed E-state index contributed by atoms with van der Waals surface area (Å²) in [6.45, 7) is 0.964. The van der Waals surface area contributed by atoms with E-state index < -0.39 is 27.6 Å². The van der Waals surface area contributed by atoms with Crippen LogP contribution in [0.4, 0.5) is 13.9 Å². The molecule has 1 amide bonds. The van der Waals surface area contributed by atoms with Crippen molar-refractivity contribution in [2.75, 3.05) is 25.1 Å². The van der Waals surface area contributed by atoms with Gasteiger partial charge in [-0.15, -0.1) is 0 Å². The number of carbonyl (C=O) groups excluding carboxylic acids is 1. The normalized spacial score (nSPS) is 15.8. The summed E-state index contributed by atoms with van der Waals surface area (Å²) < 4.78 is 61.5. The molecule has 1 aromatic heterocycles. The van der Waals surface area contributed by atoms with Gasteiger partial charge in [-0.3, -0.25) is 9.69 Å². The smallest absolute Gasteiger partial charge is 0.260 e. The van der Waals surface area contributed by atoms with Gasteiger partial charge < -0.3 is 4.74 Å². The third kappa shape index (κ3) is 5.46. The average molecular weight is 558 g/mol. The molecule has 1 unspecified atom stereocenters. The summed E-state index contributed by atoms with van der Waals surface area (Å²) in [5, 5.41) is 0.212. The Balaban J connectivity index is 1.42. The van der Waals surface area contributed by atoms with Gasteiger partial charge in [-0.05, 0) is 48.7 Å². The van der Waals surface area contributed by atoms with E-state index in [4.69, 9.17) is 4.74 Å². The van der Waals surface area contributed by atoms with Crippen LogP contribution in [0.3, 0.4) is 0 Å².